The lowest BCUT2D eigenvalue weighted by Gasteiger charge is -2.39. The fourth-order valence-electron chi connectivity index (χ4n) is 6.08. The van der Waals surface area contributed by atoms with E-state index in [1.165, 1.54) is 12.1 Å². The molecule has 8 nitrogen and oxygen atoms in total. The molecule has 2 N–H and O–H groups in total. The number of fused-ring (bicyclic) bond motifs is 2. The van der Waals surface area contributed by atoms with Gasteiger partial charge in [-0.05, 0) is 36.8 Å². The van der Waals surface area contributed by atoms with E-state index in [9.17, 15) is 18.7 Å². The van der Waals surface area contributed by atoms with E-state index in [1.54, 1.807) is 23.0 Å². The summed E-state index contributed by atoms with van der Waals surface area (Å²) in [6.45, 7) is 8.87. The quantitative estimate of drug-likeness (QED) is 0.371. The largest absolute Gasteiger partial charge is 0.494 e. The Morgan fingerprint density at radius 3 is 2.80 bits per heavy atom. The second-order valence-electron chi connectivity index (χ2n) is 11.9. The van der Waals surface area contributed by atoms with Gasteiger partial charge in [0.25, 0.3) is 0 Å². The van der Waals surface area contributed by atoms with E-state index >= 15 is 0 Å². The van der Waals surface area contributed by atoms with Crippen LogP contribution >= 0.6 is 0 Å². The second-order valence-corrected chi connectivity index (χ2v) is 11.9. The average Bonchev–Trinajstić information content (AvgIpc) is 3.39. The number of nitrogens with zero attached hydrogens (tertiary/aromatic N) is 5. The number of halogens is 2. The highest BCUT2D eigenvalue weighted by molar-refractivity contribution is 5.97. The zero-order chi connectivity index (χ0) is 28.9. The van der Waals surface area contributed by atoms with Crippen LogP contribution in [0.15, 0.2) is 55.0 Å². The number of nitrogens with one attached hydrogen (secondary N) is 1. The molecular weight excluding hydrogens is 526 g/mol. The van der Waals surface area contributed by atoms with Crippen molar-refractivity contribution in [3.8, 4) is 5.88 Å². The highest BCUT2D eigenvalue weighted by Crippen LogP contribution is 2.41. The van der Waals surface area contributed by atoms with Crippen LogP contribution in [-0.4, -0.2) is 68.7 Å². The Morgan fingerprint density at radius 1 is 1.20 bits per heavy atom. The minimum absolute atomic E-state index is 0.0209. The van der Waals surface area contributed by atoms with Gasteiger partial charge >= 0.3 is 0 Å². The smallest absolute Gasteiger partial charge is 0.241 e. The Hall–Kier alpha value is -3.89. The van der Waals surface area contributed by atoms with Crippen molar-refractivity contribution in [2.45, 2.75) is 51.2 Å². The van der Waals surface area contributed by atoms with Crippen LogP contribution in [0.2, 0.25) is 0 Å². The molecule has 1 aromatic carbocycles. The van der Waals surface area contributed by atoms with Crippen LogP contribution in [0.1, 0.15) is 37.6 Å². The number of hydrogen-bond acceptors (Lipinski definition) is 6. The fourth-order valence-corrected chi connectivity index (χ4v) is 6.08. The first kappa shape index (κ1) is 27.3. The van der Waals surface area contributed by atoms with Crippen molar-refractivity contribution in [3.05, 3.63) is 83.4 Å². The summed E-state index contributed by atoms with van der Waals surface area (Å²) in [5.74, 6) is -1.09. The molecule has 2 atom stereocenters. The van der Waals surface area contributed by atoms with E-state index in [-0.39, 0.29) is 42.3 Å². The first-order chi connectivity index (χ1) is 19.6. The van der Waals surface area contributed by atoms with Crippen molar-refractivity contribution < 1.29 is 18.7 Å². The predicted molar refractivity (Wildman–Crippen MR) is 153 cm³/mol. The Kier molecular flexibility index (Phi) is 6.99. The lowest BCUT2D eigenvalue weighted by Crippen LogP contribution is -2.59. The molecule has 2 aliphatic heterocycles. The standard InChI is InChI=1S/C31H34F2N6O2/c1-19-14-37(23(12-35-19)15-38-16-27-24(30(38)41)5-4-8-34-27)17-29(40)39-18-31(2,3)25-13-36-22(11-28(25)39)9-20-6-7-21(32)10-26(20)33/h4-8,10-11,13,16,19,23,35,41H,9,12,14-15,17-18H2,1-3H3/t19-,23-/m1/s1. The molecule has 0 saturated carbocycles. The number of benzene rings is 1. The summed E-state index contributed by atoms with van der Waals surface area (Å²) in [4.78, 5) is 26.8. The number of anilines is 1. The first-order valence-electron chi connectivity index (χ1n) is 13.9. The molecule has 41 heavy (non-hydrogen) atoms. The summed E-state index contributed by atoms with van der Waals surface area (Å²) < 4.78 is 29.6. The van der Waals surface area contributed by atoms with Crippen molar-refractivity contribution >= 4 is 22.5 Å². The number of piperazine rings is 1. The lowest BCUT2D eigenvalue weighted by atomic mass is 9.88. The lowest BCUT2D eigenvalue weighted by molar-refractivity contribution is -0.120. The normalized spacial score (nSPS) is 20.5. The van der Waals surface area contributed by atoms with Crippen molar-refractivity contribution in [2.75, 3.05) is 31.1 Å². The number of aromatic nitrogens is 3. The third-order valence-electron chi connectivity index (χ3n) is 8.30. The second kappa shape index (κ2) is 10.5. The summed E-state index contributed by atoms with van der Waals surface area (Å²) in [7, 11) is 0. The van der Waals surface area contributed by atoms with E-state index in [0.717, 1.165) is 22.8 Å². The van der Waals surface area contributed by atoms with Gasteiger partial charge in [0.15, 0.2) is 0 Å². The maximum absolute atomic E-state index is 14.3. The number of rotatable bonds is 6. The summed E-state index contributed by atoms with van der Waals surface area (Å²) in [6.07, 6.45) is 5.53. The summed E-state index contributed by atoms with van der Waals surface area (Å²) in [5.41, 5.74) is 3.15. The number of amides is 1. The number of hydrogen-bond donors (Lipinski definition) is 2. The van der Waals surface area contributed by atoms with Gasteiger partial charge < -0.3 is 19.9 Å². The molecule has 0 aliphatic carbocycles. The van der Waals surface area contributed by atoms with Crippen LogP contribution in [0.3, 0.4) is 0 Å². The van der Waals surface area contributed by atoms with Crippen molar-refractivity contribution in [1.29, 1.82) is 0 Å². The van der Waals surface area contributed by atoms with Crippen LogP contribution in [0.25, 0.3) is 10.9 Å². The molecule has 1 fully saturated rings. The summed E-state index contributed by atoms with van der Waals surface area (Å²) in [5, 5.41) is 15.0. The number of aromatic hydroxyl groups is 1. The minimum Gasteiger partial charge on any atom is -0.494 e. The third-order valence-corrected chi connectivity index (χ3v) is 8.30. The Balaban J connectivity index is 1.23. The minimum atomic E-state index is -0.621. The Bertz CT molecular complexity index is 1620. The topological polar surface area (TPSA) is 86.5 Å². The maximum atomic E-state index is 14.3. The van der Waals surface area contributed by atoms with E-state index in [0.29, 0.717) is 42.8 Å². The van der Waals surface area contributed by atoms with E-state index in [4.69, 9.17) is 0 Å². The van der Waals surface area contributed by atoms with Gasteiger partial charge in [-0.1, -0.05) is 19.9 Å². The highest BCUT2D eigenvalue weighted by Gasteiger charge is 2.40. The van der Waals surface area contributed by atoms with Crippen molar-refractivity contribution in [2.24, 2.45) is 0 Å². The van der Waals surface area contributed by atoms with Crippen LogP contribution in [0.4, 0.5) is 14.5 Å². The van der Waals surface area contributed by atoms with Crippen molar-refractivity contribution in [1.82, 2.24) is 24.8 Å². The first-order valence-corrected chi connectivity index (χ1v) is 13.9. The molecule has 4 aromatic rings. The predicted octanol–water partition coefficient (Wildman–Crippen LogP) is 3.99. The average molecular weight is 561 g/mol. The van der Waals surface area contributed by atoms with Gasteiger partial charge in [0.1, 0.15) is 11.6 Å². The molecular formula is C31H34F2N6O2. The molecule has 0 spiro atoms. The molecule has 6 rings (SSSR count). The molecule has 1 saturated heterocycles. The molecule has 0 radical (unpaired) electrons. The molecule has 3 aromatic heterocycles. The van der Waals surface area contributed by atoms with Crippen LogP contribution in [-0.2, 0) is 23.2 Å². The highest BCUT2D eigenvalue weighted by atomic mass is 19.1. The van der Waals surface area contributed by atoms with Gasteiger partial charge in [0.2, 0.25) is 11.8 Å². The number of carbonyl (C=O) groups is 1. The Morgan fingerprint density at radius 2 is 2.02 bits per heavy atom. The summed E-state index contributed by atoms with van der Waals surface area (Å²) >= 11 is 0. The molecule has 5 heterocycles. The fraction of sp³-hybridized carbons (Fsp3) is 0.387. The number of carbonyl (C=O) groups excluding carboxylic acids is 1. The molecule has 0 bridgehead atoms. The van der Waals surface area contributed by atoms with Gasteiger partial charge in [0, 0.05) is 86.0 Å². The molecule has 214 valence electrons. The monoisotopic (exact) mass is 560 g/mol. The molecule has 10 heteroatoms. The maximum Gasteiger partial charge on any atom is 0.241 e. The SMILES string of the molecule is C[C@@H]1CN(CC(=O)N2CC(C)(C)c3cnc(Cc4ccc(F)cc4F)cc32)[C@@H](Cn2cc3ncccc3c2O)CN1. The molecule has 0 unspecified atom stereocenters. The van der Waals surface area contributed by atoms with Gasteiger partial charge in [-0.3, -0.25) is 19.7 Å². The van der Waals surface area contributed by atoms with Crippen LogP contribution in [0.5, 0.6) is 5.88 Å². The molecule has 1 amide bonds. The number of pyridine rings is 2. The van der Waals surface area contributed by atoms with E-state index in [2.05, 4.69) is 41.0 Å². The zero-order valence-corrected chi connectivity index (χ0v) is 23.4. The van der Waals surface area contributed by atoms with Gasteiger partial charge in [0.05, 0.1) is 23.1 Å². The third kappa shape index (κ3) is 5.29. The molecule has 2 aliphatic rings. The van der Waals surface area contributed by atoms with Crippen LogP contribution < -0.4 is 10.2 Å². The Labute approximate surface area is 237 Å². The van der Waals surface area contributed by atoms with Gasteiger partial charge in [-0.25, -0.2) is 8.78 Å². The van der Waals surface area contributed by atoms with E-state index < -0.39 is 11.6 Å². The van der Waals surface area contributed by atoms with E-state index in [1.807, 2.05) is 23.2 Å². The van der Waals surface area contributed by atoms with Gasteiger partial charge in [-0.15, -0.1) is 0 Å². The van der Waals surface area contributed by atoms with Gasteiger partial charge in [-0.2, -0.15) is 0 Å². The zero-order valence-electron chi connectivity index (χ0n) is 23.4. The van der Waals surface area contributed by atoms with Crippen LogP contribution in [0, 0.1) is 11.6 Å². The summed E-state index contributed by atoms with van der Waals surface area (Å²) in [6, 6.07) is 9.24. The van der Waals surface area contributed by atoms with Crippen molar-refractivity contribution in [3.63, 3.8) is 0 Å².